The molecule has 1 aromatic carbocycles. The maximum atomic E-state index is 8.95. The van der Waals surface area contributed by atoms with Gasteiger partial charge in [-0.1, -0.05) is 13.3 Å². The van der Waals surface area contributed by atoms with E-state index in [9.17, 15) is 0 Å². The number of benzene rings is 1. The Hall–Kier alpha value is -3.40. The van der Waals surface area contributed by atoms with E-state index in [0.29, 0.717) is 11.5 Å². The number of H-pyrrole nitrogens is 1. The lowest BCUT2D eigenvalue weighted by Gasteiger charge is -2.15. The second-order valence-electron chi connectivity index (χ2n) is 7.34. The summed E-state index contributed by atoms with van der Waals surface area (Å²) in [7, 11) is 0. The molecule has 0 bridgehead atoms. The first kappa shape index (κ1) is 16.8. The summed E-state index contributed by atoms with van der Waals surface area (Å²) in [6.07, 6.45) is 6.72. The molecule has 0 spiro atoms. The van der Waals surface area contributed by atoms with Crippen LogP contribution < -0.4 is 4.74 Å². The minimum Gasteiger partial charge on any atom is -0.490 e. The first-order valence-corrected chi connectivity index (χ1v) is 9.60. The summed E-state index contributed by atoms with van der Waals surface area (Å²) in [5, 5.41) is 17.8. The third-order valence-electron chi connectivity index (χ3n) is 5.76. The molecule has 140 valence electrons. The maximum Gasteiger partial charge on any atom is 0.179 e. The normalized spacial score (nSPS) is 21.9. The molecule has 7 nitrogen and oxygen atoms in total. The van der Waals surface area contributed by atoms with Crippen LogP contribution in [0, 0.1) is 17.2 Å². The van der Waals surface area contributed by atoms with Crippen LogP contribution in [0.25, 0.3) is 16.8 Å². The molecule has 3 heterocycles. The average Bonchev–Trinajstić information content (AvgIpc) is 3.45. The van der Waals surface area contributed by atoms with Gasteiger partial charge in [0.1, 0.15) is 11.6 Å². The number of rotatable bonds is 4. The summed E-state index contributed by atoms with van der Waals surface area (Å²) in [5.41, 5.74) is 3.25. The fourth-order valence-electron chi connectivity index (χ4n) is 4.38. The number of aromatic amines is 1. The van der Waals surface area contributed by atoms with Gasteiger partial charge in [-0.05, 0) is 49.1 Å². The number of aromatic nitrogens is 5. The maximum absolute atomic E-state index is 8.95. The van der Waals surface area contributed by atoms with E-state index in [-0.39, 0.29) is 12.0 Å². The van der Waals surface area contributed by atoms with Gasteiger partial charge in [-0.2, -0.15) is 5.26 Å². The Morgan fingerprint density at radius 3 is 2.86 bits per heavy atom. The Balaban J connectivity index is 1.46. The average molecular weight is 372 g/mol. The van der Waals surface area contributed by atoms with E-state index in [1.165, 1.54) is 0 Å². The van der Waals surface area contributed by atoms with Gasteiger partial charge >= 0.3 is 0 Å². The van der Waals surface area contributed by atoms with Crippen LogP contribution in [0.2, 0.25) is 0 Å². The van der Waals surface area contributed by atoms with E-state index in [2.05, 4.69) is 37.6 Å². The van der Waals surface area contributed by atoms with E-state index in [4.69, 9.17) is 10.00 Å². The van der Waals surface area contributed by atoms with Gasteiger partial charge in [-0.25, -0.2) is 4.98 Å². The number of hydrogen-bond acceptors (Lipinski definition) is 5. The number of nitrogens with zero attached hydrogens (tertiary/aromatic N) is 5. The number of fused-ring (bicyclic) bond motifs is 3. The van der Waals surface area contributed by atoms with Crippen molar-refractivity contribution in [2.24, 2.45) is 5.92 Å². The lowest BCUT2D eigenvalue weighted by Crippen LogP contribution is -2.12. The zero-order valence-electron chi connectivity index (χ0n) is 15.5. The number of nitriles is 1. The van der Waals surface area contributed by atoms with Crippen molar-refractivity contribution < 1.29 is 4.74 Å². The second-order valence-corrected chi connectivity index (χ2v) is 7.34. The van der Waals surface area contributed by atoms with E-state index in [1.807, 2.05) is 24.4 Å². The van der Waals surface area contributed by atoms with Crippen molar-refractivity contribution >= 4 is 16.8 Å². The minimum atomic E-state index is 0.124. The van der Waals surface area contributed by atoms with E-state index >= 15 is 0 Å². The van der Waals surface area contributed by atoms with Crippen LogP contribution in [0.5, 0.6) is 5.75 Å². The molecular weight excluding hydrogens is 352 g/mol. The molecule has 1 unspecified atom stereocenters. The molecule has 4 aromatic rings. The third kappa shape index (κ3) is 2.69. The SMILES string of the molecule is CC[C@@H]1C[C@@H](Oc2ccc(C#N)cc2)CC1c1nnc2cnc3[nH]ccc3n12. The van der Waals surface area contributed by atoms with Crippen LogP contribution in [-0.2, 0) is 0 Å². The summed E-state index contributed by atoms with van der Waals surface area (Å²) in [4.78, 5) is 7.57. The molecular formula is C21H20N6O. The quantitative estimate of drug-likeness (QED) is 0.588. The van der Waals surface area contributed by atoms with E-state index in [0.717, 1.165) is 47.6 Å². The predicted molar refractivity (Wildman–Crippen MR) is 104 cm³/mol. The smallest absolute Gasteiger partial charge is 0.179 e. The molecule has 1 fully saturated rings. The Bertz CT molecular complexity index is 1170. The Morgan fingerprint density at radius 2 is 2.07 bits per heavy atom. The fourth-order valence-corrected chi connectivity index (χ4v) is 4.38. The first-order valence-electron chi connectivity index (χ1n) is 9.60. The van der Waals surface area contributed by atoms with Crippen molar-refractivity contribution in [3.8, 4) is 11.8 Å². The molecule has 0 aliphatic heterocycles. The lowest BCUT2D eigenvalue weighted by molar-refractivity contribution is 0.203. The van der Waals surface area contributed by atoms with Gasteiger partial charge in [0.15, 0.2) is 11.3 Å². The van der Waals surface area contributed by atoms with Crippen LogP contribution in [-0.4, -0.2) is 30.7 Å². The molecule has 1 aliphatic rings. The third-order valence-corrected chi connectivity index (χ3v) is 5.76. The van der Waals surface area contributed by atoms with Crippen molar-refractivity contribution in [2.45, 2.75) is 38.2 Å². The summed E-state index contributed by atoms with van der Waals surface area (Å²) in [6, 6.07) is 11.5. The van der Waals surface area contributed by atoms with Gasteiger partial charge < -0.3 is 9.72 Å². The number of hydrogen-bond donors (Lipinski definition) is 1. The molecule has 1 saturated carbocycles. The molecule has 5 rings (SSSR count). The van der Waals surface area contributed by atoms with Gasteiger partial charge in [0.25, 0.3) is 0 Å². The van der Waals surface area contributed by atoms with Gasteiger partial charge in [0, 0.05) is 12.1 Å². The summed E-state index contributed by atoms with van der Waals surface area (Å²) in [5.74, 6) is 2.56. The standard InChI is InChI=1S/C21H20N6O/c1-2-14-9-16(28-15-5-3-13(11-22)4-6-15)10-17(14)21-26-25-19-12-24-20-18(27(19)21)7-8-23-20/h3-8,12,14,16-17,23H,2,9-10H2,1H3/t14-,16-,17?/m1/s1. The number of ether oxygens (including phenoxy) is 1. The topological polar surface area (TPSA) is 91.9 Å². The summed E-state index contributed by atoms with van der Waals surface area (Å²) in [6.45, 7) is 2.22. The molecule has 3 aromatic heterocycles. The zero-order valence-corrected chi connectivity index (χ0v) is 15.5. The van der Waals surface area contributed by atoms with Crippen molar-refractivity contribution in [3.63, 3.8) is 0 Å². The van der Waals surface area contributed by atoms with Crippen LogP contribution in [0.15, 0.2) is 42.7 Å². The first-order chi connectivity index (χ1) is 13.8. The van der Waals surface area contributed by atoms with Crippen LogP contribution >= 0.6 is 0 Å². The Kier molecular flexibility index (Phi) is 3.97. The zero-order chi connectivity index (χ0) is 19.1. The largest absolute Gasteiger partial charge is 0.490 e. The van der Waals surface area contributed by atoms with Gasteiger partial charge in [0.05, 0.1) is 29.5 Å². The molecule has 0 radical (unpaired) electrons. The highest BCUT2D eigenvalue weighted by Gasteiger charge is 2.38. The van der Waals surface area contributed by atoms with Gasteiger partial charge in [-0.15, -0.1) is 10.2 Å². The molecule has 1 aliphatic carbocycles. The predicted octanol–water partition coefficient (Wildman–Crippen LogP) is 3.83. The molecule has 0 amide bonds. The molecule has 1 N–H and O–H groups in total. The van der Waals surface area contributed by atoms with E-state index in [1.54, 1.807) is 18.3 Å². The molecule has 0 saturated heterocycles. The van der Waals surface area contributed by atoms with Gasteiger partial charge in [0.2, 0.25) is 0 Å². The second kappa shape index (κ2) is 6.64. The summed E-state index contributed by atoms with van der Waals surface area (Å²) >= 11 is 0. The Labute approximate surface area is 162 Å². The fraction of sp³-hybridized carbons (Fsp3) is 0.333. The highest BCUT2D eigenvalue weighted by molar-refractivity contribution is 5.74. The molecule has 7 heteroatoms. The molecule has 3 atom stereocenters. The van der Waals surface area contributed by atoms with Crippen molar-refractivity contribution in [1.29, 1.82) is 5.26 Å². The minimum absolute atomic E-state index is 0.124. The lowest BCUT2D eigenvalue weighted by atomic mass is 9.93. The number of nitrogens with one attached hydrogen (secondary N) is 1. The van der Waals surface area contributed by atoms with Gasteiger partial charge in [-0.3, -0.25) is 4.40 Å². The van der Waals surface area contributed by atoms with Crippen molar-refractivity contribution in [1.82, 2.24) is 24.6 Å². The van der Waals surface area contributed by atoms with Crippen molar-refractivity contribution in [2.75, 3.05) is 0 Å². The highest BCUT2D eigenvalue weighted by Crippen LogP contribution is 2.42. The monoisotopic (exact) mass is 372 g/mol. The van der Waals surface area contributed by atoms with Crippen LogP contribution in [0.4, 0.5) is 0 Å². The highest BCUT2D eigenvalue weighted by atomic mass is 16.5. The van der Waals surface area contributed by atoms with Crippen molar-refractivity contribution in [3.05, 3.63) is 54.1 Å². The summed E-state index contributed by atoms with van der Waals surface area (Å²) < 4.78 is 8.36. The van der Waals surface area contributed by atoms with Crippen LogP contribution in [0.3, 0.4) is 0 Å². The Morgan fingerprint density at radius 1 is 1.21 bits per heavy atom. The van der Waals surface area contributed by atoms with Crippen LogP contribution in [0.1, 0.15) is 43.5 Å². The molecule has 28 heavy (non-hydrogen) atoms. The van der Waals surface area contributed by atoms with E-state index < -0.39 is 0 Å².